The zero-order chi connectivity index (χ0) is 13.8. The van der Waals surface area contributed by atoms with E-state index >= 15 is 0 Å². The number of likely N-dealkylation sites (tertiary alicyclic amines) is 1. The summed E-state index contributed by atoms with van der Waals surface area (Å²) >= 11 is 0. The van der Waals surface area contributed by atoms with E-state index in [1.807, 2.05) is 7.05 Å². The second-order valence-electron chi connectivity index (χ2n) is 5.33. The molecule has 1 aliphatic rings. The van der Waals surface area contributed by atoms with Crippen LogP contribution >= 0.6 is 0 Å². The first-order chi connectivity index (χ1) is 9.81. The number of hydrogen-bond acceptors (Lipinski definition) is 5. The number of aromatic nitrogens is 4. The molecule has 6 heteroatoms. The lowest BCUT2D eigenvalue weighted by Crippen LogP contribution is -2.42. The Hall–Kier alpha value is -1.95. The Morgan fingerprint density at radius 2 is 2.15 bits per heavy atom. The molecule has 0 spiro atoms. The Labute approximate surface area is 118 Å². The van der Waals surface area contributed by atoms with Gasteiger partial charge in [0.15, 0.2) is 0 Å². The molecule has 20 heavy (non-hydrogen) atoms. The molecule has 1 N–H and O–H groups in total. The summed E-state index contributed by atoms with van der Waals surface area (Å²) < 4.78 is 1.68. The van der Waals surface area contributed by atoms with Gasteiger partial charge in [0.25, 0.3) is 0 Å². The fourth-order valence-corrected chi connectivity index (χ4v) is 2.69. The van der Waals surface area contributed by atoms with Crippen molar-refractivity contribution >= 4 is 5.95 Å². The highest BCUT2D eigenvalue weighted by atomic mass is 15.6. The van der Waals surface area contributed by atoms with E-state index in [4.69, 9.17) is 0 Å². The molecule has 0 amide bonds. The van der Waals surface area contributed by atoms with Crippen molar-refractivity contribution in [2.75, 3.05) is 18.4 Å². The van der Waals surface area contributed by atoms with Gasteiger partial charge >= 0.3 is 0 Å². The van der Waals surface area contributed by atoms with Gasteiger partial charge in [0, 0.05) is 26.2 Å². The van der Waals surface area contributed by atoms with E-state index in [0.29, 0.717) is 6.04 Å². The summed E-state index contributed by atoms with van der Waals surface area (Å²) in [6.07, 6.45) is 2.37. The number of aryl methyl sites for hydroxylation is 1. The number of benzene rings is 1. The highest BCUT2D eigenvalue weighted by Gasteiger charge is 2.21. The lowest BCUT2D eigenvalue weighted by atomic mass is 10.0. The molecule has 106 valence electrons. The van der Waals surface area contributed by atoms with Crippen LogP contribution in [0.2, 0.25) is 0 Å². The van der Waals surface area contributed by atoms with E-state index in [0.717, 1.165) is 32.0 Å². The predicted octanol–water partition coefficient (Wildman–Crippen LogP) is 1.29. The molecular formula is C14H20N6. The van der Waals surface area contributed by atoms with Gasteiger partial charge in [-0.3, -0.25) is 4.90 Å². The van der Waals surface area contributed by atoms with Gasteiger partial charge in [-0.25, -0.2) is 4.68 Å². The van der Waals surface area contributed by atoms with E-state index < -0.39 is 0 Å². The molecule has 1 unspecified atom stereocenters. The van der Waals surface area contributed by atoms with E-state index in [2.05, 4.69) is 56.1 Å². The third-order valence-corrected chi connectivity index (χ3v) is 3.71. The van der Waals surface area contributed by atoms with E-state index in [9.17, 15) is 0 Å². The third-order valence-electron chi connectivity index (χ3n) is 3.71. The molecule has 6 nitrogen and oxygen atoms in total. The first-order valence-electron chi connectivity index (χ1n) is 7.06. The summed E-state index contributed by atoms with van der Waals surface area (Å²) in [4.78, 5) is 2.49. The molecule has 1 aromatic heterocycles. The molecule has 1 aliphatic heterocycles. The lowest BCUT2D eigenvalue weighted by molar-refractivity contribution is 0.208. The molecular weight excluding hydrogens is 252 g/mol. The van der Waals surface area contributed by atoms with Crippen LogP contribution in [-0.4, -0.2) is 44.2 Å². The first-order valence-corrected chi connectivity index (χ1v) is 7.06. The van der Waals surface area contributed by atoms with Crippen molar-refractivity contribution in [1.29, 1.82) is 0 Å². The predicted molar refractivity (Wildman–Crippen MR) is 77.2 cm³/mol. The van der Waals surface area contributed by atoms with Crippen molar-refractivity contribution in [3.8, 4) is 0 Å². The maximum Gasteiger partial charge on any atom is 0.242 e. The maximum absolute atomic E-state index is 3.99. The normalized spacial score (nSPS) is 19.9. The van der Waals surface area contributed by atoms with Crippen molar-refractivity contribution in [3.05, 3.63) is 35.9 Å². The molecule has 2 aromatic rings. The number of tetrazole rings is 1. The molecule has 0 saturated carbocycles. The van der Waals surface area contributed by atoms with Gasteiger partial charge in [0.2, 0.25) is 5.95 Å². The molecule has 3 rings (SSSR count). The largest absolute Gasteiger partial charge is 0.349 e. The van der Waals surface area contributed by atoms with Crippen molar-refractivity contribution < 1.29 is 0 Å². The van der Waals surface area contributed by atoms with Crippen LogP contribution < -0.4 is 5.32 Å². The van der Waals surface area contributed by atoms with Gasteiger partial charge in [-0.15, -0.1) is 0 Å². The van der Waals surface area contributed by atoms with Crippen molar-refractivity contribution in [2.24, 2.45) is 7.05 Å². The Morgan fingerprint density at radius 3 is 2.90 bits per heavy atom. The molecule has 0 radical (unpaired) electrons. The van der Waals surface area contributed by atoms with E-state index in [1.54, 1.807) is 4.68 Å². The zero-order valence-corrected chi connectivity index (χ0v) is 11.7. The highest BCUT2D eigenvalue weighted by molar-refractivity contribution is 5.24. The standard InChI is InChI=1S/C14H20N6/c1-19-14(16-17-18-19)15-13-8-5-9-20(11-13)10-12-6-3-2-4-7-12/h2-4,6-7,13H,5,8-11H2,1H3,(H,15,16,18). The lowest BCUT2D eigenvalue weighted by Gasteiger charge is -2.33. The SMILES string of the molecule is Cn1nnnc1NC1CCCN(Cc2ccccc2)C1. The topological polar surface area (TPSA) is 58.9 Å². The zero-order valence-electron chi connectivity index (χ0n) is 11.7. The van der Waals surface area contributed by atoms with Crippen LogP contribution in [0.3, 0.4) is 0 Å². The Morgan fingerprint density at radius 1 is 1.30 bits per heavy atom. The molecule has 1 fully saturated rings. The Kier molecular flexibility index (Phi) is 3.92. The van der Waals surface area contributed by atoms with Crippen molar-refractivity contribution in [3.63, 3.8) is 0 Å². The van der Waals surface area contributed by atoms with Gasteiger partial charge in [-0.1, -0.05) is 35.4 Å². The fraction of sp³-hybridized carbons (Fsp3) is 0.500. The van der Waals surface area contributed by atoms with Crippen molar-refractivity contribution in [1.82, 2.24) is 25.1 Å². The van der Waals surface area contributed by atoms with Crippen LogP contribution in [0.5, 0.6) is 0 Å². The first kappa shape index (κ1) is 13.1. The van der Waals surface area contributed by atoms with Gasteiger partial charge < -0.3 is 5.32 Å². The minimum Gasteiger partial charge on any atom is -0.349 e. The van der Waals surface area contributed by atoms with Gasteiger partial charge in [0.05, 0.1) is 0 Å². The van der Waals surface area contributed by atoms with Crippen molar-refractivity contribution in [2.45, 2.75) is 25.4 Å². The van der Waals surface area contributed by atoms with Crippen LogP contribution in [0.1, 0.15) is 18.4 Å². The Bertz CT molecular complexity index is 538. The maximum atomic E-state index is 3.99. The minimum absolute atomic E-state index is 0.414. The number of rotatable bonds is 4. The quantitative estimate of drug-likeness (QED) is 0.908. The van der Waals surface area contributed by atoms with E-state index in [-0.39, 0.29) is 0 Å². The van der Waals surface area contributed by atoms with Crippen LogP contribution in [0.25, 0.3) is 0 Å². The number of piperidine rings is 1. The second-order valence-corrected chi connectivity index (χ2v) is 5.33. The van der Waals surface area contributed by atoms with Crippen LogP contribution in [0.4, 0.5) is 5.95 Å². The molecule has 0 aliphatic carbocycles. The summed E-state index contributed by atoms with van der Waals surface area (Å²) in [5.74, 6) is 0.747. The van der Waals surface area contributed by atoms with Gasteiger partial charge in [-0.05, 0) is 35.4 Å². The summed E-state index contributed by atoms with van der Waals surface area (Å²) in [5, 5.41) is 14.9. The number of nitrogens with one attached hydrogen (secondary N) is 1. The fourth-order valence-electron chi connectivity index (χ4n) is 2.69. The summed E-state index contributed by atoms with van der Waals surface area (Å²) in [7, 11) is 1.85. The minimum atomic E-state index is 0.414. The smallest absolute Gasteiger partial charge is 0.242 e. The van der Waals surface area contributed by atoms with E-state index in [1.165, 1.54) is 12.0 Å². The number of hydrogen-bond donors (Lipinski definition) is 1. The summed E-state index contributed by atoms with van der Waals surface area (Å²) in [5.41, 5.74) is 1.37. The molecule has 2 heterocycles. The monoisotopic (exact) mass is 272 g/mol. The molecule has 0 bridgehead atoms. The molecule has 1 saturated heterocycles. The number of nitrogens with zero attached hydrogens (tertiary/aromatic N) is 5. The van der Waals surface area contributed by atoms with Gasteiger partial charge in [-0.2, -0.15) is 0 Å². The van der Waals surface area contributed by atoms with Crippen LogP contribution in [0.15, 0.2) is 30.3 Å². The summed E-state index contributed by atoms with van der Waals surface area (Å²) in [6, 6.07) is 11.0. The average molecular weight is 272 g/mol. The van der Waals surface area contributed by atoms with Crippen LogP contribution in [0, 0.1) is 0 Å². The number of anilines is 1. The molecule has 1 aromatic carbocycles. The second kappa shape index (κ2) is 6.00. The summed E-state index contributed by atoms with van der Waals surface area (Å²) in [6.45, 7) is 3.20. The third kappa shape index (κ3) is 3.14. The average Bonchev–Trinajstić information content (AvgIpc) is 2.86. The highest BCUT2D eigenvalue weighted by Crippen LogP contribution is 2.16. The van der Waals surface area contributed by atoms with Crippen LogP contribution in [-0.2, 0) is 13.6 Å². The Balaban J connectivity index is 1.58. The van der Waals surface area contributed by atoms with Gasteiger partial charge in [0.1, 0.15) is 0 Å². The molecule has 1 atom stereocenters.